The van der Waals surface area contributed by atoms with Crippen LogP contribution in [-0.4, -0.2) is 27.1 Å². The molecular weight excluding hydrogens is 294 g/mol. The molecule has 0 N–H and O–H groups in total. The highest BCUT2D eigenvalue weighted by atomic mass is 32.1. The fourth-order valence-corrected chi connectivity index (χ4v) is 4.69. The van der Waals surface area contributed by atoms with Crippen LogP contribution in [-0.2, 0) is 11.8 Å². The zero-order valence-corrected chi connectivity index (χ0v) is 13.8. The fraction of sp³-hybridized carbons (Fsp3) is 0.529. The Bertz CT molecular complexity index is 704. The molecule has 0 radical (unpaired) electrons. The largest absolute Gasteiger partial charge is 0.335 e. The summed E-state index contributed by atoms with van der Waals surface area (Å²) < 4.78 is 1.82. The standard InChI is InChI=1S/C17H21N3OS/c1-11-5-6-16(22-11)13-8-14(13)17(21)20-7-3-4-15(20)12-9-18-19(2)10-12/h5-6,9-10,13-15H,3-4,7-8H2,1-2H3/t13-,14+,15+/m1/s1. The smallest absolute Gasteiger partial charge is 0.226 e. The van der Waals surface area contributed by atoms with E-state index in [1.807, 2.05) is 35.5 Å². The van der Waals surface area contributed by atoms with Crippen molar-refractivity contribution < 1.29 is 4.79 Å². The Morgan fingerprint density at radius 2 is 2.27 bits per heavy atom. The molecule has 3 heterocycles. The van der Waals surface area contributed by atoms with Crippen molar-refractivity contribution in [2.45, 2.75) is 38.1 Å². The molecule has 1 aliphatic carbocycles. The Morgan fingerprint density at radius 1 is 1.41 bits per heavy atom. The normalized spacial score (nSPS) is 27.4. The molecule has 4 rings (SSSR count). The summed E-state index contributed by atoms with van der Waals surface area (Å²) in [4.78, 5) is 17.7. The molecule has 116 valence electrons. The van der Waals surface area contributed by atoms with Crippen molar-refractivity contribution in [1.82, 2.24) is 14.7 Å². The van der Waals surface area contributed by atoms with Crippen molar-refractivity contribution in [3.8, 4) is 0 Å². The van der Waals surface area contributed by atoms with Crippen molar-refractivity contribution >= 4 is 17.2 Å². The van der Waals surface area contributed by atoms with Gasteiger partial charge in [0.05, 0.1) is 12.2 Å². The maximum atomic E-state index is 12.9. The summed E-state index contributed by atoms with van der Waals surface area (Å²) in [5.74, 6) is 1.01. The van der Waals surface area contributed by atoms with Crippen LogP contribution in [0.1, 0.15) is 46.5 Å². The van der Waals surface area contributed by atoms with Gasteiger partial charge in [-0.05, 0) is 38.3 Å². The van der Waals surface area contributed by atoms with Gasteiger partial charge < -0.3 is 4.90 Å². The van der Waals surface area contributed by atoms with Crippen LogP contribution in [0.25, 0.3) is 0 Å². The number of hydrogen-bond donors (Lipinski definition) is 0. The maximum absolute atomic E-state index is 12.9. The lowest BCUT2D eigenvalue weighted by Crippen LogP contribution is -2.32. The first-order valence-electron chi connectivity index (χ1n) is 7.99. The van der Waals surface area contributed by atoms with Gasteiger partial charge in [0, 0.05) is 46.9 Å². The Labute approximate surface area is 134 Å². The molecule has 0 spiro atoms. The highest BCUT2D eigenvalue weighted by molar-refractivity contribution is 7.12. The van der Waals surface area contributed by atoms with E-state index in [0.717, 1.165) is 25.8 Å². The van der Waals surface area contributed by atoms with Crippen LogP contribution in [0.4, 0.5) is 0 Å². The Kier molecular flexibility index (Phi) is 3.33. The third kappa shape index (κ3) is 2.37. The second-order valence-corrected chi connectivity index (χ2v) is 7.85. The highest BCUT2D eigenvalue weighted by Gasteiger charge is 2.48. The Balaban J connectivity index is 1.48. The Hall–Kier alpha value is -1.62. The lowest BCUT2D eigenvalue weighted by atomic mass is 10.1. The van der Waals surface area contributed by atoms with Crippen molar-refractivity contribution in [2.75, 3.05) is 6.54 Å². The first-order valence-corrected chi connectivity index (χ1v) is 8.80. The minimum atomic E-state index is 0.204. The highest BCUT2D eigenvalue weighted by Crippen LogP contribution is 2.51. The van der Waals surface area contributed by atoms with E-state index < -0.39 is 0 Å². The van der Waals surface area contributed by atoms with Gasteiger partial charge in [-0.1, -0.05) is 0 Å². The van der Waals surface area contributed by atoms with Crippen LogP contribution in [0.5, 0.6) is 0 Å². The lowest BCUT2D eigenvalue weighted by molar-refractivity contribution is -0.133. The summed E-state index contributed by atoms with van der Waals surface area (Å²) >= 11 is 1.84. The van der Waals surface area contributed by atoms with Crippen molar-refractivity contribution in [2.24, 2.45) is 13.0 Å². The fourth-order valence-electron chi connectivity index (χ4n) is 3.64. The van der Waals surface area contributed by atoms with E-state index in [9.17, 15) is 4.79 Å². The van der Waals surface area contributed by atoms with E-state index in [-0.39, 0.29) is 12.0 Å². The first kappa shape index (κ1) is 14.0. The van der Waals surface area contributed by atoms with Gasteiger partial charge in [0.1, 0.15) is 0 Å². The summed E-state index contributed by atoms with van der Waals surface area (Å²) in [6, 6.07) is 4.59. The first-order chi connectivity index (χ1) is 10.6. The molecule has 0 bridgehead atoms. The van der Waals surface area contributed by atoms with E-state index >= 15 is 0 Å². The number of carbonyl (C=O) groups is 1. The molecule has 2 aromatic rings. The summed E-state index contributed by atoms with van der Waals surface area (Å²) in [6.07, 6.45) is 7.13. The number of likely N-dealkylation sites (tertiary alicyclic amines) is 1. The number of thiophene rings is 1. The molecular formula is C17H21N3OS. The van der Waals surface area contributed by atoms with Crippen LogP contribution in [0.2, 0.25) is 0 Å². The van der Waals surface area contributed by atoms with Gasteiger partial charge in [-0.3, -0.25) is 9.48 Å². The number of hydrogen-bond acceptors (Lipinski definition) is 3. The van der Waals surface area contributed by atoms with E-state index in [1.165, 1.54) is 15.3 Å². The van der Waals surface area contributed by atoms with Gasteiger partial charge in [-0.25, -0.2) is 0 Å². The summed E-state index contributed by atoms with van der Waals surface area (Å²) in [5, 5.41) is 4.26. The number of aromatic nitrogens is 2. The predicted octanol–water partition coefficient (Wildman–Crippen LogP) is 3.26. The molecule has 1 saturated carbocycles. The topological polar surface area (TPSA) is 38.1 Å². The monoisotopic (exact) mass is 315 g/mol. The van der Waals surface area contributed by atoms with Crippen LogP contribution in [0.15, 0.2) is 24.5 Å². The molecule has 4 nitrogen and oxygen atoms in total. The molecule has 2 fully saturated rings. The van der Waals surface area contributed by atoms with Crippen LogP contribution in [0.3, 0.4) is 0 Å². The zero-order valence-electron chi connectivity index (χ0n) is 13.0. The zero-order chi connectivity index (χ0) is 15.3. The minimum absolute atomic E-state index is 0.204. The lowest BCUT2D eigenvalue weighted by Gasteiger charge is -2.24. The van der Waals surface area contributed by atoms with Gasteiger partial charge in [0.15, 0.2) is 0 Å². The van der Waals surface area contributed by atoms with Gasteiger partial charge in [-0.2, -0.15) is 5.10 Å². The minimum Gasteiger partial charge on any atom is -0.335 e. The SMILES string of the molecule is Cc1ccc([C@@H]2C[C@@H]2C(=O)N2CCC[C@H]2c2cnn(C)c2)s1. The van der Waals surface area contributed by atoms with E-state index in [4.69, 9.17) is 0 Å². The summed E-state index contributed by atoms with van der Waals surface area (Å²) in [7, 11) is 1.93. The average Bonchev–Trinajstić information content (AvgIpc) is 2.85. The van der Waals surface area contributed by atoms with Gasteiger partial charge >= 0.3 is 0 Å². The number of nitrogens with zero attached hydrogens (tertiary/aromatic N) is 3. The van der Waals surface area contributed by atoms with Crippen molar-refractivity contribution in [3.05, 3.63) is 39.8 Å². The second kappa shape index (κ2) is 5.23. The predicted molar refractivity (Wildman–Crippen MR) is 86.8 cm³/mol. The maximum Gasteiger partial charge on any atom is 0.226 e. The molecule has 1 aliphatic heterocycles. The van der Waals surface area contributed by atoms with Crippen LogP contribution >= 0.6 is 11.3 Å². The molecule has 3 atom stereocenters. The molecule has 0 unspecified atom stereocenters. The van der Waals surface area contributed by atoms with Crippen LogP contribution in [0, 0.1) is 12.8 Å². The number of aryl methyl sites for hydroxylation is 2. The molecule has 2 aromatic heterocycles. The number of amides is 1. The number of rotatable bonds is 3. The quantitative estimate of drug-likeness (QED) is 0.872. The molecule has 0 aromatic carbocycles. The average molecular weight is 315 g/mol. The van der Waals surface area contributed by atoms with E-state index in [1.54, 1.807) is 0 Å². The van der Waals surface area contributed by atoms with Gasteiger partial charge in [-0.15, -0.1) is 11.3 Å². The Morgan fingerprint density at radius 3 is 2.95 bits per heavy atom. The third-order valence-corrected chi connectivity index (χ3v) is 6.01. The van der Waals surface area contributed by atoms with E-state index in [0.29, 0.717) is 11.8 Å². The van der Waals surface area contributed by atoms with E-state index in [2.05, 4.69) is 29.1 Å². The third-order valence-electron chi connectivity index (χ3n) is 4.88. The van der Waals surface area contributed by atoms with Gasteiger partial charge in [0.25, 0.3) is 0 Å². The molecule has 1 saturated heterocycles. The van der Waals surface area contributed by atoms with Crippen molar-refractivity contribution in [1.29, 1.82) is 0 Å². The molecule has 1 amide bonds. The molecule has 22 heavy (non-hydrogen) atoms. The summed E-state index contributed by atoms with van der Waals surface area (Å²) in [6.45, 7) is 3.03. The second-order valence-electron chi connectivity index (χ2n) is 6.53. The van der Waals surface area contributed by atoms with Crippen molar-refractivity contribution in [3.63, 3.8) is 0 Å². The molecule has 2 aliphatic rings. The van der Waals surface area contributed by atoms with Gasteiger partial charge in [0.2, 0.25) is 5.91 Å². The molecule has 5 heteroatoms. The summed E-state index contributed by atoms with van der Waals surface area (Å²) in [5.41, 5.74) is 1.18. The number of carbonyl (C=O) groups excluding carboxylic acids is 1. The van der Waals surface area contributed by atoms with Crippen LogP contribution < -0.4 is 0 Å².